The second-order valence-electron chi connectivity index (χ2n) is 3.89. The van der Waals surface area contributed by atoms with Crippen molar-refractivity contribution in [2.75, 3.05) is 17.3 Å². The van der Waals surface area contributed by atoms with E-state index < -0.39 is 0 Å². The summed E-state index contributed by atoms with van der Waals surface area (Å²) in [5.41, 5.74) is 0.602. The Hall–Kier alpha value is -0.260. The van der Waals surface area contributed by atoms with Crippen LogP contribution in [0.2, 0.25) is 5.02 Å². The van der Waals surface area contributed by atoms with Gasteiger partial charge in [0.05, 0.1) is 16.8 Å². The molecule has 0 aliphatic carbocycles. The monoisotopic (exact) mass is 411 g/mol. The van der Waals surface area contributed by atoms with Crippen LogP contribution < -0.4 is 10.1 Å². The number of benzene rings is 1. The van der Waals surface area contributed by atoms with Crippen molar-refractivity contribution in [3.8, 4) is 5.75 Å². The van der Waals surface area contributed by atoms with E-state index in [4.69, 9.17) is 16.3 Å². The van der Waals surface area contributed by atoms with Gasteiger partial charge in [-0.2, -0.15) is 0 Å². The highest BCUT2D eigenvalue weighted by atomic mass is 79.9. The minimum atomic E-state index is -0.0314. The first-order valence-corrected chi connectivity index (χ1v) is 8.35. The lowest BCUT2D eigenvalue weighted by molar-refractivity contribution is -0.116. The normalized spacial score (nSPS) is 10.3. The summed E-state index contributed by atoms with van der Waals surface area (Å²) in [7, 11) is 0. The quantitative estimate of drug-likeness (QED) is 0.504. The Balaban J connectivity index is 2.78. The molecule has 106 valence electrons. The van der Waals surface area contributed by atoms with Crippen LogP contribution >= 0.6 is 43.5 Å². The molecule has 0 atom stereocenters. The Kier molecular flexibility index (Phi) is 7.80. The first-order valence-electron chi connectivity index (χ1n) is 6.06. The first kappa shape index (κ1) is 16.8. The number of halogens is 3. The van der Waals surface area contributed by atoms with Gasteiger partial charge in [-0.15, -0.1) is 0 Å². The number of unbranched alkanes of at least 4 members (excludes halogenated alkanes) is 1. The van der Waals surface area contributed by atoms with Crippen molar-refractivity contribution in [1.82, 2.24) is 0 Å². The number of alkyl halides is 1. The summed E-state index contributed by atoms with van der Waals surface area (Å²) >= 11 is 12.7. The van der Waals surface area contributed by atoms with Crippen LogP contribution in [-0.4, -0.2) is 17.8 Å². The van der Waals surface area contributed by atoms with Gasteiger partial charge in [-0.3, -0.25) is 4.79 Å². The Morgan fingerprint density at radius 3 is 2.79 bits per heavy atom. The number of hydrogen-bond acceptors (Lipinski definition) is 2. The van der Waals surface area contributed by atoms with Crippen LogP contribution in [0.1, 0.15) is 26.2 Å². The maximum absolute atomic E-state index is 11.8. The Bertz CT molecular complexity index is 441. The van der Waals surface area contributed by atoms with Crippen molar-refractivity contribution in [2.24, 2.45) is 0 Å². The molecule has 6 heteroatoms. The SMILES string of the molecule is CCOc1c(Br)cc(Cl)cc1NC(=O)CCCCBr. The number of ether oxygens (including phenoxy) is 1. The van der Waals surface area contributed by atoms with E-state index in [9.17, 15) is 4.79 Å². The van der Waals surface area contributed by atoms with Crippen molar-refractivity contribution in [1.29, 1.82) is 0 Å². The van der Waals surface area contributed by atoms with E-state index in [0.717, 1.165) is 22.6 Å². The molecule has 1 aromatic rings. The van der Waals surface area contributed by atoms with Gasteiger partial charge in [-0.1, -0.05) is 27.5 Å². The Labute approximate surface area is 135 Å². The minimum Gasteiger partial charge on any atom is -0.491 e. The summed E-state index contributed by atoms with van der Waals surface area (Å²) in [6.45, 7) is 2.41. The van der Waals surface area contributed by atoms with Gasteiger partial charge in [-0.05, 0) is 47.8 Å². The number of rotatable bonds is 7. The van der Waals surface area contributed by atoms with Crippen molar-refractivity contribution in [3.05, 3.63) is 21.6 Å². The summed E-state index contributed by atoms with van der Waals surface area (Å²) < 4.78 is 6.26. The fraction of sp³-hybridized carbons (Fsp3) is 0.462. The number of carbonyl (C=O) groups excluding carboxylic acids is 1. The lowest BCUT2D eigenvalue weighted by atomic mass is 10.2. The van der Waals surface area contributed by atoms with Crippen LogP contribution in [0, 0.1) is 0 Å². The van der Waals surface area contributed by atoms with Crippen LogP contribution in [0.15, 0.2) is 16.6 Å². The second-order valence-corrected chi connectivity index (χ2v) is 5.98. The van der Waals surface area contributed by atoms with Gasteiger partial charge < -0.3 is 10.1 Å². The molecule has 0 radical (unpaired) electrons. The fourth-order valence-electron chi connectivity index (χ4n) is 1.54. The lowest BCUT2D eigenvalue weighted by Gasteiger charge is -2.13. The molecule has 1 N–H and O–H groups in total. The van der Waals surface area contributed by atoms with Crippen molar-refractivity contribution in [2.45, 2.75) is 26.2 Å². The van der Waals surface area contributed by atoms with Gasteiger partial charge in [0.2, 0.25) is 5.91 Å². The van der Waals surface area contributed by atoms with Gasteiger partial charge in [0.15, 0.2) is 5.75 Å². The molecule has 1 rings (SSSR count). The Morgan fingerprint density at radius 2 is 2.16 bits per heavy atom. The minimum absolute atomic E-state index is 0.0314. The van der Waals surface area contributed by atoms with Crippen molar-refractivity contribution < 1.29 is 9.53 Å². The van der Waals surface area contributed by atoms with E-state index in [2.05, 4.69) is 37.2 Å². The molecule has 0 saturated carbocycles. The molecule has 0 spiro atoms. The number of amides is 1. The van der Waals surface area contributed by atoms with Gasteiger partial charge in [0, 0.05) is 16.8 Å². The van der Waals surface area contributed by atoms with Crippen LogP contribution in [0.3, 0.4) is 0 Å². The van der Waals surface area contributed by atoms with Crippen molar-refractivity contribution >= 4 is 55.1 Å². The smallest absolute Gasteiger partial charge is 0.224 e. The highest BCUT2D eigenvalue weighted by molar-refractivity contribution is 9.10. The molecule has 0 aromatic heterocycles. The third-order valence-electron chi connectivity index (χ3n) is 2.36. The van der Waals surface area contributed by atoms with Crippen molar-refractivity contribution in [3.63, 3.8) is 0 Å². The van der Waals surface area contributed by atoms with Gasteiger partial charge in [0.1, 0.15) is 0 Å². The van der Waals surface area contributed by atoms with Crippen LogP contribution in [0.5, 0.6) is 5.75 Å². The molecule has 0 aliphatic heterocycles. The molecule has 3 nitrogen and oxygen atoms in total. The van der Waals surface area contributed by atoms with Crippen LogP contribution in [-0.2, 0) is 4.79 Å². The highest BCUT2D eigenvalue weighted by Crippen LogP contribution is 2.36. The largest absolute Gasteiger partial charge is 0.491 e. The van der Waals surface area contributed by atoms with E-state index in [-0.39, 0.29) is 5.91 Å². The van der Waals surface area contributed by atoms with Gasteiger partial charge >= 0.3 is 0 Å². The summed E-state index contributed by atoms with van der Waals surface area (Å²) in [5.74, 6) is 0.580. The molecular formula is C13H16Br2ClNO2. The summed E-state index contributed by atoms with van der Waals surface area (Å²) in [6.07, 6.45) is 2.31. The molecule has 0 unspecified atom stereocenters. The summed E-state index contributed by atoms with van der Waals surface area (Å²) in [4.78, 5) is 11.8. The molecule has 0 bridgehead atoms. The molecular weight excluding hydrogens is 397 g/mol. The number of carbonyl (C=O) groups is 1. The van der Waals surface area contributed by atoms with Crippen LogP contribution in [0.4, 0.5) is 5.69 Å². The molecule has 0 saturated heterocycles. The summed E-state index contributed by atoms with van der Waals surface area (Å²) in [6, 6.07) is 3.44. The molecule has 1 amide bonds. The van der Waals surface area contributed by atoms with E-state index >= 15 is 0 Å². The maximum atomic E-state index is 11.8. The third kappa shape index (κ3) is 5.71. The topological polar surface area (TPSA) is 38.3 Å². The second kappa shape index (κ2) is 8.82. The molecule has 0 aliphatic rings. The average molecular weight is 414 g/mol. The first-order chi connectivity index (χ1) is 9.08. The van der Waals surface area contributed by atoms with E-state index in [1.54, 1.807) is 12.1 Å². The predicted molar refractivity (Wildman–Crippen MR) is 86.6 cm³/mol. The number of nitrogens with one attached hydrogen (secondary N) is 1. The zero-order valence-electron chi connectivity index (χ0n) is 10.6. The zero-order chi connectivity index (χ0) is 14.3. The molecule has 1 aromatic carbocycles. The van der Waals surface area contributed by atoms with E-state index in [1.165, 1.54) is 0 Å². The molecule has 19 heavy (non-hydrogen) atoms. The van der Waals surface area contributed by atoms with E-state index in [0.29, 0.717) is 29.5 Å². The molecule has 0 heterocycles. The fourth-order valence-corrected chi connectivity index (χ4v) is 2.86. The Morgan fingerprint density at radius 1 is 1.42 bits per heavy atom. The third-order valence-corrected chi connectivity index (χ3v) is 3.73. The predicted octanol–water partition coefficient (Wildman–Crippen LogP) is 5.00. The number of anilines is 1. The summed E-state index contributed by atoms with van der Waals surface area (Å²) in [5, 5.41) is 4.30. The standard InChI is InChI=1S/C13H16Br2ClNO2/c1-2-19-13-10(15)7-9(16)8-11(13)17-12(18)5-3-4-6-14/h7-8H,2-6H2,1H3,(H,17,18). The van der Waals surface area contributed by atoms with Gasteiger partial charge in [-0.25, -0.2) is 0 Å². The number of hydrogen-bond donors (Lipinski definition) is 1. The average Bonchev–Trinajstić information content (AvgIpc) is 2.34. The van der Waals surface area contributed by atoms with E-state index in [1.807, 2.05) is 6.92 Å². The van der Waals surface area contributed by atoms with Crippen LogP contribution in [0.25, 0.3) is 0 Å². The molecule has 0 fully saturated rings. The zero-order valence-corrected chi connectivity index (χ0v) is 14.6. The lowest BCUT2D eigenvalue weighted by Crippen LogP contribution is -2.12. The van der Waals surface area contributed by atoms with Gasteiger partial charge in [0.25, 0.3) is 0 Å². The highest BCUT2D eigenvalue weighted by Gasteiger charge is 2.12. The maximum Gasteiger partial charge on any atom is 0.224 e.